The Morgan fingerprint density at radius 2 is 0.478 bits per heavy atom. The number of hydrogen-bond donors (Lipinski definition) is 3. The van der Waals surface area contributed by atoms with E-state index < -0.39 is 55.5 Å². The van der Waals surface area contributed by atoms with Gasteiger partial charge < -0.3 is 29.5 Å². The zero-order valence-corrected chi connectivity index (χ0v) is 46.1. The third-order valence-corrected chi connectivity index (χ3v) is 14.6. The predicted molar refractivity (Wildman–Crippen MR) is 288 cm³/mol. The van der Waals surface area contributed by atoms with Crippen LogP contribution in [0.3, 0.4) is 0 Å². The molecule has 0 aliphatic carbocycles. The number of rotatable bonds is 56. The summed E-state index contributed by atoms with van der Waals surface area (Å²) in [6.45, 7) is 3.45. The van der Waals surface area contributed by atoms with Crippen molar-refractivity contribution in [1.29, 1.82) is 0 Å². The molecule has 0 rings (SSSR count). The molecule has 0 aromatic heterocycles. The van der Waals surface area contributed by atoms with Crippen molar-refractivity contribution in [3.8, 4) is 0 Å². The molecule has 0 atom stereocenters. The molecule has 0 aromatic carbocycles. The molecule has 0 spiro atoms. The van der Waals surface area contributed by atoms with Crippen LogP contribution in [0.1, 0.15) is 329 Å². The first-order valence-electron chi connectivity index (χ1n) is 30.2. The van der Waals surface area contributed by atoms with Gasteiger partial charge in [0.05, 0.1) is 19.8 Å². The standard InChI is InChI=1S/C60H116O9/c1-4-7-10-13-16-19-22-25-28-31-34-37-40-43-46-49-56(64)67-55-60(59(52-61,53-62)54-63,68-57(65)50-47-44-41-38-35-32-29-26-23-20-17-14-11-8-5-2)69-58(66)51-48-45-42-39-36-33-30-27-24-21-18-15-12-9-6-3/h61-63H,4-55H2,1-3H3. The van der Waals surface area contributed by atoms with Gasteiger partial charge in [-0.1, -0.05) is 290 Å². The fraction of sp³-hybridized carbons (Fsp3) is 0.950. The van der Waals surface area contributed by atoms with E-state index in [1.807, 2.05) is 0 Å². The van der Waals surface area contributed by atoms with Crippen molar-refractivity contribution in [3.05, 3.63) is 0 Å². The van der Waals surface area contributed by atoms with Gasteiger partial charge in [-0.05, 0) is 19.3 Å². The van der Waals surface area contributed by atoms with Crippen molar-refractivity contribution < 1.29 is 43.9 Å². The molecule has 0 saturated heterocycles. The average molecular weight is 982 g/mol. The van der Waals surface area contributed by atoms with E-state index in [9.17, 15) is 29.7 Å². The Labute approximate surface area is 426 Å². The number of hydrogen-bond acceptors (Lipinski definition) is 9. The summed E-state index contributed by atoms with van der Waals surface area (Å²) in [6.07, 6.45) is 54.1. The van der Waals surface area contributed by atoms with E-state index in [4.69, 9.17) is 14.2 Å². The topological polar surface area (TPSA) is 140 Å². The van der Waals surface area contributed by atoms with Gasteiger partial charge in [-0.15, -0.1) is 0 Å². The summed E-state index contributed by atoms with van der Waals surface area (Å²) in [5.74, 6) is -4.33. The number of carbonyl (C=O) groups is 3. The van der Waals surface area contributed by atoms with E-state index in [1.165, 1.54) is 212 Å². The lowest BCUT2D eigenvalue weighted by atomic mass is 9.81. The van der Waals surface area contributed by atoms with Crippen LogP contribution in [0, 0.1) is 5.41 Å². The van der Waals surface area contributed by atoms with Crippen molar-refractivity contribution in [2.45, 2.75) is 335 Å². The van der Waals surface area contributed by atoms with Gasteiger partial charge in [0.25, 0.3) is 0 Å². The summed E-state index contributed by atoms with van der Waals surface area (Å²) in [4.78, 5) is 40.3. The van der Waals surface area contributed by atoms with Crippen LogP contribution in [-0.2, 0) is 28.6 Å². The van der Waals surface area contributed by atoms with Crippen molar-refractivity contribution in [3.63, 3.8) is 0 Å². The van der Waals surface area contributed by atoms with E-state index >= 15 is 0 Å². The smallest absolute Gasteiger partial charge is 0.309 e. The molecule has 0 bridgehead atoms. The first-order chi connectivity index (χ1) is 33.8. The Morgan fingerprint density at radius 1 is 0.290 bits per heavy atom. The zero-order chi connectivity index (χ0) is 50.6. The second-order valence-corrected chi connectivity index (χ2v) is 21.2. The van der Waals surface area contributed by atoms with Crippen LogP contribution in [0.15, 0.2) is 0 Å². The van der Waals surface area contributed by atoms with Gasteiger partial charge in [-0.2, -0.15) is 0 Å². The Bertz CT molecular complexity index is 1050. The van der Waals surface area contributed by atoms with Crippen molar-refractivity contribution in [2.24, 2.45) is 5.41 Å². The molecule has 0 fully saturated rings. The summed E-state index contributed by atoms with van der Waals surface area (Å²) in [7, 11) is 0. The second kappa shape index (κ2) is 51.2. The largest absolute Gasteiger partial charge is 0.457 e. The number of aliphatic hydroxyl groups excluding tert-OH is 3. The van der Waals surface area contributed by atoms with Gasteiger partial charge in [-0.25, -0.2) is 0 Å². The molecular formula is C60H116O9. The van der Waals surface area contributed by atoms with Crippen LogP contribution in [0.25, 0.3) is 0 Å². The lowest BCUT2D eigenvalue weighted by molar-refractivity contribution is -0.306. The van der Waals surface area contributed by atoms with Crippen molar-refractivity contribution in [2.75, 3.05) is 26.4 Å². The van der Waals surface area contributed by atoms with E-state index in [0.717, 1.165) is 57.8 Å². The lowest BCUT2D eigenvalue weighted by Crippen LogP contribution is -2.63. The highest BCUT2D eigenvalue weighted by atomic mass is 16.8. The third-order valence-electron chi connectivity index (χ3n) is 14.6. The lowest BCUT2D eigenvalue weighted by Gasteiger charge is -2.44. The molecule has 0 aromatic rings. The van der Waals surface area contributed by atoms with Crippen molar-refractivity contribution in [1.82, 2.24) is 0 Å². The van der Waals surface area contributed by atoms with Crippen molar-refractivity contribution >= 4 is 17.9 Å². The Hall–Kier alpha value is -1.71. The van der Waals surface area contributed by atoms with Gasteiger partial charge in [0.1, 0.15) is 5.41 Å². The average Bonchev–Trinajstić information content (AvgIpc) is 3.35. The van der Waals surface area contributed by atoms with Crippen LogP contribution in [0.4, 0.5) is 0 Å². The molecule has 0 unspecified atom stereocenters. The summed E-state index contributed by atoms with van der Waals surface area (Å²) < 4.78 is 17.5. The molecule has 410 valence electrons. The summed E-state index contributed by atoms with van der Waals surface area (Å²) in [6, 6.07) is 0. The van der Waals surface area contributed by atoms with Gasteiger partial charge in [0.2, 0.25) is 0 Å². The first-order valence-corrected chi connectivity index (χ1v) is 30.2. The highest BCUT2D eigenvalue weighted by Crippen LogP contribution is 2.38. The number of ether oxygens (including phenoxy) is 3. The Kier molecular flexibility index (Phi) is 49.9. The molecular weight excluding hydrogens is 865 g/mol. The van der Waals surface area contributed by atoms with Crippen LogP contribution in [0.2, 0.25) is 0 Å². The Balaban J connectivity index is 5.12. The molecule has 3 N–H and O–H groups in total. The van der Waals surface area contributed by atoms with Crippen LogP contribution in [-0.4, -0.2) is 65.4 Å². The predicted octanol–water partition coefficient (Wildman–Crippen LogP) is 17.1. The normalized spacial score (nSPS) is 11.9. The highest BCUT2D eigenvalue weighted by molar-refractivity contribution is 5.73. The quantitative estimate of drug-likeness (QED) is 0.0309. The van der Waals surface area contributed by atoms with Crippen LogP contribution >= 0.6 is 0 Å². The molecule has 9 nitrogen and oxygen atoms in total. The highest BCUT2D eigenvalue weighted by Gasteiger charge is 2.59. The maximum Gasteiger partial charge on any atom is 0.309 e. The van der Waals surface area contributed by atoms with E-state index in [0.29, 0.717) is 19.3 Å². The molecule has 0 amide bonds. The number of unbranched alkanes of at least 4 members (excludes halogenated alkanes) is 42. The van der Waals surface area contributed by atoms with Gasteiger partial charge in [0.15, 0.2) is 6.61 Å². The van der Waals surface area contributed by atoms with E-state index in [1.54, 1.807) is 0 Å². The second-order valence-electron chi connectivity index (χ2n) is 21.2. The fourth-order valence-electron chi connectivity index (χ4n) is 9.60. The number of aliphatic hydroxyl groups is 3. The molecule has 0 saturated carbocycles. The minimum atomic E-state index is -2.39. The van der Waals surface area contributed by atoms with E-state index in [-0.39, 0.29) is 19.3 Å². The number of esters is 3. The molecule has 9 heteroatoms. The maximum absolute atomic E-state index is 13.6. The number of carbonyl (C=O) groups excluding carboxylic acids is 3. The fourth-order valence-corrected chi connectivity index (χ4v) is 9.60. The van der Waals surface area contributed by atoms with Gasteiger partial charge in [-0.3, -0.25) is 14.4 Å². The minimum absolute atomic E-state index is 0.0298. The molecule has 0 heterocycles. The summed E-state index contributed by atoms with van der Waals surface area (Å²) >= 11 is 0. The Morgan fingerprint density at radius 3 is 0.681 bits per heavy atom. The minimum Gasteiger partial charge on any atom is -0.457 e. The summed E-state index contributed by atoms with van der Waals surface area (Å²) in [5, 5.41) is 31.9. The first kappa shape index (κ1) is 67.3. The van der Waals surface area contributed by atoms with Crippen LogP contribution in [0.5, 0.6) is 0 Å². The SMILES string of the molecule is CCCCCCCCCCCCCCCCCC(=O)OCC(OC(=O)CCCCCCCCCCCCCCCCC)(OC(=O)CCCCCCCCCCCCCCCCC)C(CO)(CO)CO. The monoisotopic (exact) mass is 981 g/mol. The summed E-state index contributed by atoms with van der Waals surface area (Å²) in [5.41, 5.74) is -2.00. The molecule has 69 heavy (non-hydrogen) atoms. The van der Waals surface area contributed by atoms with E-state index in [2.05, 4.69) is 20.8 Å². The van der Waals surface area contributed by atoms with Crippen LogP contribution < -0.4 is 0 Å². The molecule has 0 aliphatic rings. The zero-order valence-electron chi connectivity index (χ0n) is 46.1. The maximum atomic E-state index is 13.6. The molecule has 0 radical (unpaired) electrons. The third kappa shape index (κ3) is 39.5. The molecule has 0 aliphatic heterocycles. The van der Waals surface area contributed by atoms with Gasteiger partial charge in [0, 0.05) is 19.3 Å². The van der Waals surface area contributed by atoms with Gasteiger partial charge >= 0.3 is 23.7 Å².